The summed E-state index contributed by atoms with van der Waals surface area (Å²) in [5.74, 6) is 2.09. The van der Waals surface area contributed by atoms with E-state index in [-0.39, 0.29) is 0 Å². The molecule has 1 aromatic heterocycles. The van der Waals surface area contributed by atoms with Crippen LogP contribution in [-0.2, 0) is 13.1 Å². The molecule has 0 amide bonds. The largest absolute Gasteiger partial charge is 0.338 e. The molecular formula is C16H29N5O. The van der Waals surface area contributed by atoms with Gasteiger partial charge in [0, 0.05) is 13.1 Å². The molecule has 6 nitrogen and oxygen atoms in total. The summed E-state index contributed by atoms with van der Waals surface area (Å²) in [5.41, 5.74) is 5.52. The van der Waals surface area contributed by atoms with Gasteiger partial charge < -0.3 is 15.2 Å². The molecule has 1 unspecified atom stereocenters. The fourth-order valence-electron chi connectivity index (χ4n) is 3.77. The summed E-state index contributed by atoms with van der Waals surface area (Å²) in [6.07, 6.45) is 8.21. The quantitative estimate of drug-likeness (QED) is 0.891. The Kier molecular flexibility index (Phi) is 5.81. The SMILES string of the molecule is NCc1nc(CN2CCCC(CN3CCCCCC3)C2)no1. The second-order valence-corrected chi connectivity index (χ2v) is 6.77. The minimum absolute atomic E-state index is 0.324. The van der Waals surface area contributed by atoms with Crippen molar-refractivity contribution in [2.45, 2.75) is 51.6 Å². The lowest BCUT2D eigenvalue weighted by atomic mass is 9.97. The van der Waals surface area contributed by atoms with Crippen LogP contribution in [0.15, 0.2) is 4.52 Å². The van der Waals surface area contributed by atoms with Gasteiger partial charge in [-0.25, -0.2) is 0 Å². The molecule has 0 radical (unpaired) electrons. The number of nitrogens with zero attached hydrogens (tertiary/aromatic N) is 4. The average molecular weight is 307 g/mol. The molecule has 2 saturated heterocycles. The van der Waals surface area contributed by atoms with E-state index in [1.165, 1.54) is 58.2 Å². The van der Waals surface area contributed by atoms with Gasteiger partial charge in [-0.05, 0) is 51.2 Å². The van der Waals surface area contributed by atoms with Crippen LogP contribution >= 0.6 is 0 Å². The normalized spacial score (nSPS) is 25.2. The molecule has 1 atom stereocenters. The topological polar surface area (TPSA) is 71.4 Å². The molecular weight excluding hydrogens is 278 g/mol. The van der Waals surface area contributed by atoms with Gasteiger partial charge in [0.25, 0.3) is 0 Å². The Hall–Kier alpha value is -0.980. The summed E-state index contributed by atoms with van der Waals surface area (Å²) in [7, 11) is 0. The van der Waals surface area contributed by atoms with Crippen molar-refractivity contribution in [3.05, 3.63) is 11.7 Å². The molecule has 2 aliphatic heterocycles. The molecule has 2 fully saturated rings. The molecule has 6 heteroatoms. The van der Waals surface area contributed by atoms with Gasteiger partial charge in [0.1, 0.15) is 0 Å². The average Bonchev–Trinajstić information content (AvgIpc) is 2.83. The molecule has 0 aromatic carbocycles. The molecule has 3 rings (SSSR count). The second kappa shape index (κ2) is 8.04. The Morgan fingerprint density at radius 2 is 1.82 bits per heavy atom. The lowest BCUT2D eigenvalue weighted by Gasteiger charge is -2.34. The summed E-state index contributed by atoms with van der Waals surface area (Å²) in [4.78, 5) is 9.47. The first-order valence-corrected chi connectivity index (χ1v) is 8.79. The molecule has 3 heterocycles. The zero-order valence-electron chi connectivity index (χ0n) is 13.5. The molecule has 0 spiro atoms. The lowest BCUT2D eigenvalue weighted by Crippen LogP contribution is -2.41. The minimum atomic E-state index is 0.324. The first-order chi connectivity index (χ1) is 10.8. The minimum Gasteiger partial charge on any atom is -0.338 e. The van der Waals surface area contributed by atoms with Crippen molar-refractivity contribution in [2.24, 2.45) is 11.7 Å². The molecule has 22 heavy (non-hydrogen) atoms. The van der Waals surface area contributed by atoms with Gasteiger partial charge in [0.05, 0.1) is 13.1 Å². The molecule has 1 aromatic rings. The monoisotopic (exact) mass is 307 g/mol. The van der Waals surface area contributed by atoms with E-state index in [1.54, 1.807) is 0 Å². The molecule has 124 valence electrons. The van der Waals surface area contributed by atoms with Gasteiger partial charge in [0.15, 0.2) is 5.82 Å². The van der Waals surface area contributed by atoms with Crippen molar-refractivity contribution in [3.63, 3.8) is 0 Å². The Balaban J connectivity index is 1.48. The van der Waals surface area contributed by atoms with E-state index in [0.29, 0.717) is 12.4 Å². The standard InChI is InChI=1S/C16H29N5O/c17-10-16-18-15(19-22-16)13-21-9-5-6-14(12-21)11-20-7-3-1-2-4-8-20/h14H,1-13,17H2. The molecule has 0 saturated carbocycles. The number of hydrogen-bond donors (Lipinski definition) is 1. The van der Waals surface area contributed by atoms with Crippen molar-refractivity contribution in [1.29, 1.82) is 0 Å². The van der Waals surface area contributed by atoms with Crippen LogP contribution in [0, 0.1) is 5.92 Å². The predicted molar refractivity (Wildman–Crippen MR) is 85.1 cm³/mol. The van der Waals surface area contributed by atoms with Gasteiger partial charge in [-0.1, -0.05) is 18.0 Å². The van der Waals surface area contributed by atoms with Crippen LogP contribution < -0.4 is 5.73 Å². The third-order valence-corrected chi connectivity index (χ3v) is 4.87. The second-order valence-electron chi connectivity index (χ2n) is 6.77. The molecule has 2 aliphatic rings. The predicted octanol–water partition coefficient (Wildman–Crippen LogP) is 1.62. The van der Waals surface area contributed by atoms with Crippen molar-refractivity contribution >= 4 is 0 Å². The van der Waals surface area contributed by atoms with Crippen molar-refractivity contribution in [1.82, 2.24) is 19.9 Å². The van der Waals surface area contributed by atoms with E-state index in [2.05, 4.69) is 19.9 Å². The van der Waals surface area contributed by atoms with E-state index >= 15 is 0 Å². The fraction of sp³-hybridized carbons (Fsp3) is 0.875. The smallest absolute Gasteiger partial charge is 0.240 e. The highest BCUT2D eigenvalue weighted by Gasteiger charge is 2.23. The number of nitrogens with two attached hydrogens (primary N) is 1. The first-order valence-electron chi connectivity index (χ1n) is 8.79. The Morgan fingerprint density at radius 1 is 1.05 bits per heavy atom. The highest BCUT2D eigenvalue weighted by Crippen LogP contribution is 2.20. The molecule has 0 aliphatic carbocycles. The maximum atomic E-state index is 5.52. The van der Waals surface area contributed by atoms with Crippen molar-refractivity contribution < 1.29 is 4.52 Å². The van der Waals surface area contributed by atoms with Crippen LogP contribution in [0.5, 0.6) is 0 Å². The summed E-state index contributed by atoms with van der Waals surface area (Å²) in [6.45, 7) is 7.26. The fourth-order valence-corrected chi connectivity index (χ4v) is 3.77. The van der Waals surface area contributed by atoms with Crippen molar-refractivity contribution in [2.75, 3.05) is 32.7 Å². The highest BCUT2D eigenvalue weighted by molar-refractivity contribution is 4.87. The van der Waals surface area contributed by atoms with Gasteiger partial charge in [0.2, 0.25) is 5.89 Å². The Morgan fingerprint density at radius 3 is 2.55 bits per heavy atom. The number of likely N-dealkylation sites (tertiary alicyclic amines) is 2. The van der Waals surface area contributed by atoms with Crippen LogP contribution in [0.25, 0.3) is 0 Å². The number of piperidine rings is 1. The number of rotatable bonds is 5. The van der Waals surface area contributed by atoms with Crippen molar-refractivity contribution in [3.8, 4) is 0 Å². The third kappa shape index (κ3) is 4.51. The number of hydrogen-bond acceptors (Lipinski definition) is 6. The van der Waals surface area contributed by atoms with Crippen LogP contribution in [0.2, 0.25) is 0 Å². The van der Waals surface area contributed by atoms with E-state index in [4.69, 9.17) is 10.3 Å². The highest BCUT2D eigenvalue weighted by atomic mass is 16.5. The number of aromatic nitrogens is 2. The zero-order chi connectivity index (χ0) is 15.2. The van der Waals surface area contributed by atoms with Crippen LogP contribution in [0.4, 0.5) is 0 Å². The third-order valence-electron chi connectivity index (χ3n) is 4.87. The van der Waals surface area contributed by atoms with Gasteiger partial charge in [-0.2, -0.15) is 4.98 Å². The first kappa shape index (κ1) is 15.9. The van der Waals surface area contributed by atoms with E-state index in [0.717, 1.165) is 31.4 Å². The van der Waals surface area contributed by atoms with Crippen LogP contribution in [-0.4, -0.2) is 52.7 Å². The Bertz CT molecular complexity index is 441. The van der Waals surface area contributed by atoms with E-state index in [1.807, 2.05) is 0 Å². The lowest BCUT2D eigenvalue weighted by molar-refractivity contribution is 0.126. The van der Waals surface area contributed by atoms with E-state index in [9.17, 15) is 0 Å². The van der Waals surface area contributed by atoms with E-state index < -0.39 is 0 Å². The molecule has 0 bridgehead atoms. The van der Waals surface area contributed by atoms with Gasteiger partial charge in [-0.3, -0.25) is 4.90 Å². The zero-order valence-corrected chi connectivity index (χ0v) is 13.5. The summed E-state index contributed by atoms with van der Waals surface area (Å²) < 4.78 is 5.10. The summed E-state index contributed by atoms with van der Waals surface area (Å²) >= 11 is 0. The van der Waals surface area contributed by atoms with Gasteiger partial charge >= 0.3 is 0 Å². The van der Waals surface area contributed by atoms with Crippen LogP contribution in [0.3, 0.4) is 0 Å². The van der Waals surface area contributed by atoms with Gasteiger partial charge in [-0.15, -0.1) is 0 Å². The Labute approximate surface area is 133 Å². The maximum Gasteiger partial charge on any atom is 0.240 e. The maximum absolute atomic E-state index is 5.52. The molecule has 2 N–H and O–H groups in total. The van der Waals surface area contributed by atoms with Crippen LogP contribution in [0.1, 0.15) is 50.2 Å². The summed E-state index contributed by atoms with van der Waals surface area (Å²) in [5, 5.41) is 4.02. The summed E-state index contributed by atoms with van der Waals surface area (Å²) in [6, 6.07) is 0.